The van der Waals surface area contributed by atoms with Crippen molar-refractivity contribution in [2.24, 2.45) is 0 Å². The minimum absolute atomic E-state index is 0.0787. The number of nitrogens with one attached hydrogen (secondary N) is 2. The van der Waals surface area contributed by atoms with Crippen molar-refractivity contribution in [2.45, 2.75) is 65.0 Å². The first-order valence-corrected chi connectivity index (χ1v) is 8.40. The van der Waals surface area contributed by atoms with Gasteiger partial charge in [0.1, 0.15) is 5.75 Å². The Kier molecular flexibility index (Phi) is 6.10. The fraction of sp³-hybridized carbons (Fsp3) is 0.611. The van der Waals surface area contributed by atoms with Gasteiger partial charge in [-0.05, 0) is 39.7 Å². The third-order valence-electron chi connectivity index (χ3n) is 4.22. The number of benzene rings is 1. The summed E-state index contributed by atoms with van der Waals surface area (Å²) in [5.74, 6) is 0.846. The molecule has 1 aromatic carbocycles. The number of rotatable bonds is 5. The van der Waals surface area contributed by atoms with Crippen molar-refractivity contribution < 1.29 is 9.53 Å². The monoisotopic (exact) mass is 304 g/mol. The third kappa shape index (κ3) is 4.65. The molecule has 1 unspecified atom stereocenters. The van der Waals surface area contributed by atoms with Crippen LogP contribution in [0, 0.1) is 6.92 Å². The number of urea groups is 1. The van der Waals surface area contributed by atoms with Crippen molar-refractivity contribution in [1.29, 1.82) is 0 Å². The first-order valence-electron chi connectivity index (χ1n) is 8.40. The molecule has 0 aliphatic heterocycles. The molecule has 1 aromatic rings. The van der Waals surface area contributed by atoms with Gasteiger partial charge < -0.3 is 15.4 Å². The lowest BCUT2D eigenvalue weighted by atomic mass is 9.96. The Morgan fingerprint density at radius 2 is 2.05 bits per heavy atom. The van der Waals surface area contributed by atoms with E-state index < -0.39 is 0 Å². The van der Waals surface area contributed by atoms with E-state index in [1.54, 1.807) is 0 Å². The van der Waals surface area contributed by atoms with E-state index in [0.717, 1.165) is 24.2 Å². The first-order chi connectivity index (χ1) is 10.6. The van der Waals surface area contributed by atoms with Gasteiger partial charge in [0.2, 0.25) is 0 Å². The molecule has 0 aromatic heterocycles. The predicted molar refractivity (Wildman–Crippen MR) is 89.3 cm³/mol. The van der Waals surface area contributed by atoms with Crippen molar-refractivity contribution in [1.82, 2.24) is 10.6 Å². The zero-order chi connectivity index (χ0) is 15.9. The first kappa shape index (κ1) is 16.7. The lowest BCUT2D eigenvalue weighted by Gasteiger charge is -2.25. The summed E-state index contributed by atoms with van der Waals surface area (Å²) in [5.41, 5.74) is 2.19. The van der Waals surface area contributed by atoms with E-state index in [4.69, 9.17) is 4.74 Å². The second kappa shape index (κ2) is 8.06. The van der Waals surface area contributed by atoms with E-state index in [1.807, 2.05) is 32.9 Å². The highest BCUT2D eigenvalue weighted by molar-refractivity contribution is 5.75. The van der Waals surface area contributed by atoms with Crippen LogP contribution in [0.25, 0.3) is 0 Å². The van der Waals surface area contributed by atoms with Gasteiger partial charge in [-0.1, -0.05) is 37.0 Å². The van der Waals surface area contributed by atoms with E-state index in [0.29, 0.717) is 12.6 Å². The number of carbonyl (C=O) groups is 1. The highest BCUT2D eigenvalue weighted by Crippen LogP contribution is 2.26. The summed E-state index contributed by atoms with van der Waals surface area (Å²) >= 11 is 0. The maximum Gasteiger partial charge on any atom is 0.315 e. The molecule has 0 bridgehead atoms. The lowest BCUT2D eigenvalue weighted by Crippen LogP contribution is -2.43. The Morgan fingerprint density at radius 1 is 1.32 bits per heavy atom. The zero-order valence-electron chi connectivity index (χ0n) is 13.9. The van der Waals surface area contributed by atoms with Crippen LogP contribution >= 0.6 is 0 Å². The van der Waals surface area contributed by atoms with Gasteiger partial charge in [-0.3, -0.25) is 0 Å². The lowest BCUT2D eigenvalue weighted by molar-refractivity contribution is 0.229. The Morgan fingerprint density at radius 3 is 2.73 bits per heavy atom. The number of aryl methyl sites for hydroxylation is 1. The number of hydrogen-bond donors (Lipinski definition) is 2. The van der Waals surface area contributed by atoms with Crippen LogP contribution in [-0.2, 0) is 0 Å². The molecule has 1 saturated carbocycles. The fourth-order valence-corrected chi connectivity index (χ4v) is 3.04. The Balaban J connectivity index is 1.97. The summed E-state index contributed by atoms with van der Waals surface area (Å²) in [6.45, 7) is 6.64. The Hall–Kier alpha value is -1.71. The van der Waals surface area contributed by atoms with Crippen LogP contribution < -0.4 is 15.4 Å². The van der Waals surface area contributed by atoms with Crippen LogP contribution in [0.5, 0.6) is 5.75 Å². The molecule has 2 N–H and O–H groups in total. The molecule has 0 spiro atoms. The smallest absolute Gasteiger partial charge is 0.315 e. The molecule has 4 nitrogen and oxygen atoms in total. The van der Waals surface area contributed by atoms with Gasteiger partial charge in [-0.2, -0.15) is 0 Å². The van der Waals surface area contributed by atoms with Gasteiger partial charge in [-0.15, -0.1) is 0 Å². The highest BCUT2D eigenvalue weighted by atomic mass is 16.5. The molecule has 2 rings (SSSR count). The van der Waals surface area contributed by atoms with Crippen molar-refractivity contribution >= 4 is 6.03 Å². The average Bonchev–Trinajstić information content (AvgIpc) is 2.50. The van der Waals surface area contributed by atoms with E-state index >= 15 is 0 Å². The molecule has 1 atom stereocenters. The Bertz CT molecular complexity index is 496. The second-order valence-electron chi connectivity index (χ2n) is 6.15. The highest BCUT2D eigenvalue weighted by Gasteiger charge is 2.18. The quantitative estimate of drug-likeness (QED) is 0.861. The largest absolute Gasteiger partial charge is 0.494 e. The molecular formula is C18H28N2O2. The predicted octanol–water partition coefficient (Wildman–Crippen LogP) is 4.09. The number of hydrogen-bond acceptors (Lipinski definition) is 2. The maximum absolute atomic E-state index is 12.2. The number of amides is 2. The summed E-state index contributed by atoms with van der Waals surface area (Å²) in [6.07, 6.45) is 5.91. The standard InChI is InChI=1S/C18H28N2O2/c1-4-22-17-11-10-13(2)12-16(17)14(3)19-18(21)20-15-8-6-5-7-9-15/h10-12,14-15H,4-9H2,1-3H3,(H2,19,20,21). The molecule has 0 radical (unpaired) electrons. The number of carbonyl (C=O) groups excluding carboxylic acids is 1. The van der Waals surface area contributed by atoms with E-state index in [1.165, 1.54) is 24.8 Å². The van der Waals surface area contributed by atoms with Crippen molar-refractivity contribution in [3.63, 3.8) is 0 Å². The topological polar surface area (TPSA) is 50.4 Å². The van der Waals surface area contributed by atoms with Gasteiger partial charge in [0, 0.05) is 11.6 Å². The minimum Gasteiger partial charge on any atom is -0.494 e. The molecule has 0 saturated heterocycles. The van der Waals surface area contributed by atoms with E-state index in [2.05, 4.69) is 16.7 Å². The molecular weight excluding hydrogens is 276 g/mol. The van der Waals surface area contributed by atoms with Gasteiger partial charge in [0.05, 0.1) is 12.6 Å². The minimum atomic E-state index is -0.0802. The molecule has 1 fully saturated rings. The molecule has 4 heteroatoms. The fourth-order valence-electron chi connectivity index (χ4n) is 3.04. The van der Waals surface area contributed by atoms with Crippen molar-refractivity contribution in [3.05, 3.63) is 29.3 Å². The van der Waals surface area contributed by atoms with Crippen LogP contribution in [0.15, 0.2) is 18.2 Å². The third-order valence-corrected chi connectivity index (χ3v) is 4.22. The van der Waals surface area contributed by atoms with Crippen LogP contribution in [0.1, 0.15) is 63.1 Å². The zero-order valence-corrected chi connectivity index (χ0v) is 13.9. The van der Waals surface area contributed by atoms with E-state index in [-0.39, 0.29) is 12.1 Å². The van der Waals surface area contributed by atoms with Gasteiger partial charge in [-0.25, -0.2) is 4.79 Å². The molecule has 0 heterocycles. The van der Waals surface area contributed by atoms with Crippen LogP contribution in [0.2, 0.25) is 0 Å². The Labute approximate surface area is 133 Å². The second-order valence-corrected chi connectivity index (χ2v) is 6.15. The molecule has 2 amide bonds. The molecule has 122 valence electrons. The summed E-state index contributed by atoms with van der Waals surface area (Å²) in [7, 11) is 0. The SMILES string of the molecule is CCOc1ccc(C)cc1C(C)NC(=O)NC1CCCCC1. The van der Waals surface area contributed by atoms with Crippen LogP contribution in [-0.4, -0.2) is 18.7 Å². The molecule has 1 aliphatic carbocycles. The molecule has 22 heavy (non-hydrogen) atoms. The summed E-state index contributed by atoms with van der Waals surface area (Å²) in [4.78, 5) is 12.2. The van der Waals surface area contributed by atoms with Crippen molar-refractivity contribution in [2.75, 3.05) is 6.61 Å². The van der Waals surface area contributed by atoms with Gasteiger partial charge >= 0.3 is 6.03 Å². The van der Waals surface area contributed by atoms with Crippen molar-refractivity contribution in [3.8, 4) is 5.75 Å². The summed E-state index contributed by atoms with van der Waals surface area (Å²) < 4.78 is 5.67. The van der Waals surface area contributed by atoms with Gasteiger partial charge in [0.15, 0.2) is 0 Å². The average molecular weight is 304 g/mol. The summed E-state index contributed by atoms with van der Waals surface area (Å²) in [6, 6.07) is 6.25. The normalized spacial score (nSPS) is 16.9. The van der Waals surface area contributed by atoms with E-state index in [9.17, 15) is 4.79 Å². The molecule has 1 aliphatic rings. The van der Waals surface area contributed by atoms with Gasteiger partial charge in [0.25, 0.3) is 0 Å². The van der Waals surface area contributed by atoms with Crippen LogP contribution in [0.3, 0.4) is 0 Å². The summed E-state index contributed by atoms with van der Waals surface area (Å²) in [5, 5.41) is 6.13. The van der Waals surface area contributed by atoms with Crippen LogP contribution in [0.4, 0.5) is 4.79 Å². The maximum atomic E-state index is 12.2. The number of ether oxygens (including phenoxy) is 1.